The van der Waals surface area contributed by atoms with Gasteiger partial charge in [-0.05, 0) is 24.3 Å². The molecule has 0 radical (unpaired) electrons. The van der Waals surface area contributed by atoms with E-state index in [4.69, 9.17) is 0 Å². The van der Waals surface area contributed by atoms with Crippen molar-refractivity contribution < 1.29 is 4.79 Å². The third kappa shape index (κ3) is 2.92. The number of hydrogen-bond acceptors (Lipinski definition) is 5. The number of carbonyl (C=O) groups is 1. The molecule has 0 aliphatic carbocycles. The van der Waals surface area contributed by atoms with Crippen LogP contribution < -0.4 is 10.9 Å². The summed E-state index contributed by atoms with van der Waals surface area (Å²) < 4.78 is 1.35. The predicted molar refractivity (Wildman–Crippen MR) is 97.0 cm³/mol. The lowest BCUT2D eigenvalue weighted by Gasteiger charge is -2.07. The average molecular weight is 348 g/mol. The molecule has 4 rings (SSSR count). The van der Waals surface area contributed by atoms with Crippen molar-refractivity contribution in [3.8, 4) is 10.6 Å². The fraction of sp³-hybridized carbons (Fsp3) is 0. The molecule has 1 amide bonds. The van der Waals surface area contributed by atoms with Gasteiger partial charge in [0, 0.05) is 35.2 Å². The predicted octanol–water partition coefficient (Wildman–Crippen LogP) is 3.07. The molecule has 1 aromatic carbocycles. The van der Waals surface area contributed by atoms with Gasteiger partial charge in [0.05, 0.1) is 0 Å². The van der Waals surface area contributed by atoms with Crippen LogP contribution in [0.25, 0.3) is 16.2 Å². The first-order valence-corrected chi connectivity index (χ1v) is 8.38. The number of aromatic nitrogens is 3. The van der Waals surface area contributed by atoms with Crippen molar-refractivity contribution in [1.82, 2.24) is 14.4 Å². The number of thiazole rings is 1. The van der Waals surface area contributed by atoms with Crippen LogP contribution in [0.5, 0.6) is 0 Å². The fourth-order valence-electron chi connectivity index (χ4n) is 2.48. The van der Waals surface area contributed by atoms with Gasteiger partial charge in [-0.1, -0.05) is 18.2 Å². The molecule has 1 N–H and O–H groups in total. The number of benzene rings is 1. The molecule has 0 bridgehead atoms. The molecule has 7 heteroatoms. The summed E-state index contributed by atoms with van der Waals surface area (Å²) in [6.07, 6.45) is 4.62. The van der Waals surface area contributed by atoms with Gasteiger partial charge in [-0.15, -0.1) is 11.3 Å². The molecule has 0 saturated carbocycles. The Bertz CT molecular complexity index is 1120. The van der Waals surface area contributed by atoms with Gasteiger partial charge >= 0.3 is 0 Å². The zero-order valence-electron chi connectivity index (χ0n) is 12.9. The number of fused-ring (bicyclic) bond motifs is 1. The molecule has 0 fully saturated rings. The maximum atomic E-state index is 12.5. The molecule has 0 spiro atoms. The van der Waals surface area contributed by atoms with Gasteiger partial charge in [0.1, 0.15) is 16.2 Å². The third-order valence-corrected chi connectivity index (χ3v) is 4.48. The summed E-state index contributed by atoms with van der Waals surface area (Å²) in [4.78, 5) is 33.4. The molecule has 0 aliphatic rings. The Hall–Kier alpha value is -3.32. The Labute approximate surface area is 146 Å². The zero-order chi connectivity index (χ0) is 17.2. The van der Waals surface area contributed by atoms with Crippen LogP contribution in [0.15, 0.2) is 71.2 Å². The summed E-state index contributed by atoms with van der Waals surface area (Å²) in [5.74, 6) is -0.493. The lowest BCUT2D eigenvalue weighted by molar-refractivity contribution is 0.102. The first kappa shape index (κ1) is 15.2. The number of amides is 1. The van der Waals surface area contributed by atoms with Crippen molar-refractivity contribution in [1.29, 1.82) is 0 Å². The molecule has 6 nitrogen and oxygen atoms in total. The van der Waals surface area contributed by atoms with Crippen LogP contribution in [0.2, 0.25) is 0 Å². The molecule has 3 heterocycles. The number of nitrogens with one attached hydrogen (secondary N) is 1. The Morgan fingerprint density at radius 1 is 1.12 bits per heavy atom. The molecule has 122 valence electrons. The molecule has 4 aromatic rings. The quantitative estimate of drug-likeness (QED) is 0.617. The topological polar surface area (TPSA) is 76.4 Å². The van der Waals surface area contributed by atoms with Crippen molar-refractivity contribution in [3.05, 3.63) is 82.4 Å². The molecular formula is C18H12N4O2S. The lowest BCUT2D eigenvalue weighted by Crippen LogP contribution is -2.26. The third-order valence-electron chi connectivity index (χ3n) is 3.66. The van der Waals surface area contributed by atoms with Crippen LogP contribution in [0.1, 0.15) is 10.4 Å². The van der Waals surface area contributed by atoms with Crippen molar-refractivity contribution >= 4 is 28.6 Å². The lowest BCUT2D eigenvalue weighted by atomic mass is 10.2. The molecule has 0 saturated heterocycles. The normalized spacial score (nSPS) is 10.7. The SMILES string of the molecule is O=C(Nc1cccc(-c2nccs2)c1)c1cnc2ccccn2c1=O. The molecule has 0 aliphatic heterocycles. The van der Waals surface area contributed by atoms with E-state index in [0.29, 0.717) is 11.3 Å². The summed E-state index contributed by atoms with van der Waals surface area (Å²) in [5, 5.41) is 5.51. The summed E-state index contributed by atoms with van der Waals surface area (Å²) in [6, 6.07) is 12.5. The summed E-state index contributed by atoms with van der Waals surface area (Å²) in [7, 11) is 0. The first-order valence-electron chi connectivity index (χ1n) is 7.50. The molecule has 0 atom stereocenters. The maximum Gasteiger partial charge on any atom is 0.270 e. The minimum absolute atomic E-state index is 0.0108. The molecular weight excluding hydrogens is 336 g/mol. The molecule has 25 heavy (non-hydrogen) atoms. The average Bonchev–Trinajstić information content (AvgIpc) is 3.17. The number of hydrogen-bond donors (Lipinski definition) is 1. The highest BCUT2D eigenvalue weighted by atomic mass is 32.1. The van der Waals surface area contributed by atoms with Crippen LogP contribution in [0, 0.1) is 0 Å². The van der Waals surface area contributed by atoms with Crippen LogP contribution in [0.3, 0.4) is 0 Å². The van der Waals surface area contributed by atoms with E-state index in [1.807, 2.05) is 23.6 Å². The van der Waals surface area contributed by atoms with Crippen molar-refractivity contribution in [2.45, 2.75) is 0 Å². The second kappa shape index (κ2) is 6.29. The smallest absolute Gasteiger partial charge is 0.270 e. The standard InChI is InChI=1S/C18H12N4O2S/c23-16(14-11-20-15-6-1-2-8-22(15)18(14)24)21-13-5-3-4-12(10-13)17-19-7-9-25-17/h1-11H,(H,21,23). The summed E-state index contributed by atoms with van der Waals surface area (Å²) in [5.41, 5.74) is 1.58. The molecule has 0 unspecified atom stereocenters. The van der Waals surface area contributed by atoms with E-state index in [2.05, 4.69) is 15.3 Å². The monoisotopic (exact) mass is 348 g/mol. The van der Waals surface area contributed by atoms with Crippen LogP contribution in [-0.2, 0) is 0 Å². The van der Waals surface area contributed by atoms with E-state index >= 15 is 0 Å². The Balaban J connectivity index is 1.66. The molecule has 3 aromatic heterocycles. The number of anilines is 1. The van der Waals surface area contributed by atoms with Gasteiger partial charge in [-0.2, -0.15) is 0 Å². The van der Waals surface area contributed by atoms with E-state index in [1.54, 1.807) is 36.7 Å². The van der Waals surface area contributed by atoms with Gasteiger partial charge in [-0.25, -0.2) is 9.97 Å². The van der Waals surface area contributed by atoms with Crippen LogP contribution in [0.4, 0.5) is 5.69 Å². The first-order chi connectivity index (χ1) is 12.2. The number of rotatable bonds is 3. The Kier molecular flexibility index (Phi) is 3.83. The highest BCUT2D eigenvalue weighted by molar-refractivity contribution is 7.13. The van der Waals surface area contributed by atoms with E-state index in [-0.39, 0.29) is 5.56 Å². The summed E-state index contributed by atoms with van der Waals surface area (Å²) in [6.45, 7) is 0. The van der Waals surface area contributed by atoms with Crippen molar-refractivity contribution in [2.24, 2.45) is 0 Å². The minimum Gasteiger partial charge on any atom is -0.322 e. The van der Waals surface area contributed by atoms with Gasteiger partial charge in [0.25, 0.3) is 11.5 Å². The second-order valence-corrected chi connectivity index (χ2v) is 6.17. The van der Waals surface area contributed by atoms with Gasteiger partial charge < -0.3 is 5.32 Å². The Morgan fingerprint density at radius 3 is 2.88 bits per heavy atom. The van der Waals surface area contributed by atoms with Gasteiger partial charge in [0.2, 0.25) is 0 Å². The number of pyridine rings is 1. The Morgan fingerprint density at radius 2 is 2.04 bits per heavy atom. The largest absolute Gasteiger partial charge is 0.322 e. The zero-order valence-corrected chi connectivity index (χ0v) is 13.7. The van der Waals surface area contributed by atoms with Gasteiger partial charge in [0.15, 0.2) is 0 Å². The second-order valence-electron chi connectivity index (χ2n) is 5.28. The fourth-order valence-corrected chi connectivity index (χ4v) is 3.11. The maximum absolute atomic E-state index is 12.5. The van der Waals surface area contributed by atoms with E-state index in [1.165, 1.54) is 21.9 Å². The van der Waals surface area contributed by atoms with Crippen LogP contribution in [-0.4, -0.2) is 20.3 Å². The van der Waals surface area contributed by atoms with Gasteiger partial charge in [-0.3, -0.25) is 14.0 Å². The van der Waals surface area contributed by atoms with E-state index in [0.717, 1.165) is 10.6 Å². The highest BCUT2D eigenvalue weighted by Crippen LogP contribution is 2.24. The highest BCUT2D eigenvalue weighted by Gasteiger charge is 2.14. The number of carbonyl (C=O) groups excluding carboxylic acids is 1. The van der Waals surface area contributed by atoms with E-state index < -0.39 is 11.5 Å². The van der Waals surface area contributed by atoms with E-state index in [9.17, 15) is 9.59 Å². The number of nitrogens with zero attached hydrogens (tertiary/aromatic N) is 3. The van der Waals surface area contributed by atoms with Crippen molar-refractivity contribution in [2.75, 3.05) is 5.32 Å². The van der Waals surface area contributed by atoms with Crippen molar-refractivity contribution in [3.63, 3.8) is 0 Å². The summed E-state index contributed by atoms with van der Waals surface area (Å²) >= 11 is 1.52. The van der Waals surface area contributed by atoms with Crippen LogP contribution >= 0.6 is 11.3 Å². The minimum atomic E-state index is -0.493.